The summed E-state index contributed by atoms with van der Waals surface area (Å²) in [5, 5.41) is 12.9. The molecule has 0 bridgehead atoms. The van der Waals surface area contributed by atoms with E-state index in [1.54, 1.807) is 12.1 Å². The van der Waals surface area contributed by atoms with Crippen molar-refractivity contribution in [3.05, 3.63) is 35.6 Å². The van der Waals surface area contributed by atoms with Crippen molar-refractivity contribution in [2.45, 2.75) is 38.8 Å². The smallest absolute Gasteiger partial charge is 0.123 e. The van der Waals surface area contributed by atoms with Gasteiger partial charge in [0.15, 0.2) is 0 Å². The van der Waals surface area contributed by atoms with Crippen LogP contribution >= 0.6 is 0 Å². The van der Waals surface area contributed by atoms with E-state index >= 15 is 0 Å². The van der Waals surface area contributed by atoms with E-state index < -0.39 is 0 Å². The Morgan fingerprint density at radius 2 is 2.35 bits per heavy atom. The molecule has 1 aliphatic rings. The first-order valence-corrected chi connectivity index (χ1v) is 6.23. The summed E-state index contributed by atoms with van der Waals surface area (Å²) >= 11 is 0. The highest BCUT2D eigenvalue weighted by Crippen LogP contribution is 2.37. The van der Waals surface area contributed by atoms with Crippen LogP contribution in [0.25, 0.3) is 0 Å². The molecule has 0 aromatic heterocycles. The number of rotatable bonds is 4. The number of halogens is 1. The molecule has 2 rings (SSSR count). The van der Waals surface area contributed by atoms with Gasteiger partial charge in [-0.1, -0.05) is 25.5 Å². The van der Waals surface area contributed by atoms with Crippen LogP contribution in [-0.4, -0.2) is 17.8 Å². The van der Waals surface area contributed by atoms with E-state index in [2.05, 4.69) is 12.2 Å². The molecule has 1 aliphatic carbocycles. The molecule has 2 unspecified atom stereocenters. The number of nitrogens with one attached hydrogen (secondary N) is 1. The van der Waals surface area contributed by atoms with Crippen LogP contribution in [0.15, 0.2) is 24.3 Å². The minimum Gasteiger partial charge on any atom is -0.396 e. The van der Waals surface area contributed by atoms with Crippen LogP contribution in [0.5, 0.6) is 0 Å². The first-order valence-electron chi connectivity index (χ1n) is 6.23. The lowest BCUT2D eigenvalue weighted by atomic mass is 9.86. The monoisotopic (exact) mass is 237 g/mol. The maximum Gasteiger partial charge on any atom is 0.123 e. The average Bonchev–Trinajstić information content (AvgIpc) is 2.69. The second-order valence-electron chi connectivity index (χ2n) is 5.27. The standard InChI is InChI=1S/C14H20FNO/c1-14(10-17)7-3-6-13(14)16-9-11-4-2-5-12(15)8-11/h2,4-5,8,13,16-17H,3,6-7,9-10H2,1H3. The van der Waals surface area contributed by atoms with Crippen molar-refractivity contribution < 1.29 is 9.50 Å². The maximum absolute atomic E-state index is 13.0. The van der Waals surface area contributed by atoms with E-state index in [9.17, 15) is 9.50 Å². The van der Waals surface area contributed by atoms with E-state index in [0.29, 0.717) is 12.6 Å². The molecule has 0 spiro atoms. The molecule has 0 saturated heterocycles. The Kier molecular flexibility index (Phi) is 3.79. The van der Waals surface area contributed by atoms with Crippen molar-refractivity contribution in [2.24, 2.45) is 5.41 Å². The largest absolute Gasteiger partial charge is 0.396 e. The summed E-state index contributed by atoms with van der Waals surface area (Å²) in [6, 6.07) is 6.98. The quantitative estimate of drug-likeness (QED) is 0.843. The third-order valence-corrected chi connectivity index (χ3v) is 3.88. The van der Waals surface area contributed by atoms with E-state index in [0.717, 1.165) is 24.8 Å². The summed E-state index contributed by atoms with van der Waals surface area (Å²) in [4.78, 5) is 0. The lowest BCUT2D eigenvalue weighted by molar-refractivity contribution is 0.118. The SMILES string of the molecule is CC1(CO)CCCC1NCc1cccc(F)c1. The minimum atomic E-state index is -0.194. The van der Waals surface area contributed by atoms with Gasteiger partial charge in [0.05, 0.1) is 0 Å². The number of hydrogen-bond donors (Lipinski definition) is 2. The summed E-state index contributed by atoms with van der Waals surface area (Å²) in [5.41, 5.74) is 0.935. The van der Waals surface area contributed by atoms with Crippen LogP contribution in [0.4, 0.5) is 4.39 Å². The van der Waals surface area contributed by atoms with E-state index in [4.69, 9.17) is 0 Å². The fourth-order valence-electron chi connectivity index (χ4n) is 2.66. The Morgan fingerprint density at radius 3 is 3.06 bits per heavy atom. The Bertz CT molecular complexity index is 382. The van der Waals surface area contributed by atoms with Crippen molar-refractivity contribution in [1.82, 2.24) is 5.32 Å². The van der Waals surface area contributed by atoms with Crippen molar-refractivity contribution in [2.75, 3.05) is 6.61 Å². The fourth-order valence-corrected chi connectivity index (χ4v) is 2.66. The molecule has 0 radical (unpaired) electrons. The van der Waals surface area contributed by atoms with Gasteiger partial charge in [-0.2, -0.15) is 0 Å². The Labute approximate surface area is 102 Å². The number of aliphatic hydroxyl groups is 1. The van der Waals surface area contributed by atoms with Gasteiger partial charge in [0, 0.05) is 24.6 Å². The van der Waals surface area contributed by atoms with Gasteiger partial charge in [-0.15, -0.1) is 0 Å². The highest BCUT2D eigenvalue weighted by molar-refractivity contribution is 5.16. The predicted octanol–water partition coefficient (Wildman–Crippen LogP) is 2.47. The first kappa shape index (κ1) is 12.5. The summed E-state index contributed by atoms with van der Waals surface area (Å²) in [6.45, 7) is 3.00. The molecular weight excluding hydrogens is 217 g/mol. The van der Waals surface area contributed by atoms with E-state index in [1.165, 1.54) is 6.07 Å². The van der Waals surface area contributed by atoms with Gasteiger partial charge < -0.3 is 10.4 Å². The number of aliphatic hydroxyl groups excluding tert-OH is 1. The van der Waals surface area contributed by atoms with E-state index in [1.807, 2.05) is 6.07 Å². The summed E-state index contributed by atoms with van der Waals surface area (Å²) in [5.74, 6) is -0.194. The number of benzene rings is 1. The van der Waals surface area contributed by atoms with Crippen LogP contribution in [-0.2, 0) is 6.54 Å². The Morgan fingerprint density at radius 1 is 1.53 bits per heavy atom. The van der Waals surface area contributed by atoms with Gasteiger partial charge in [-0.25, -0.2) is 4.39 Å². The van der Waals surface area contributed by atoms with Crippen LogP contribution < -0.4 is 5.32 Å². The molecule has 1 aromatic carbocycles. The molecule has 2 atom stereocenters. The zero-order chi connectivity index (χ0) is 12.3. The molecule has 2 N–H and O–H groups in total. The average molecular weight is 237 g/mol. The van der Waals surface area contributed by atoms with Crippen LogP contribution in [0, 0.1) is 11.2 Å². The van der Waals surface area contributed by atoms with Gasteiger partial charge >= 0.3 is 0 Å². The molecule has 1 saturated carbocycles. The lowest BCUT2D eigenvalue weighted by Gasteiger charge is -2.30. The van der Waals surface area contributed by atoms with Crippen LogP contribution in [0.3, 0.4) is 0 Å². The molecule has 3 heteroatoms. The molecule has 94 valence electrons. The maximum atomic E-state index is 13.0. The molecule has 1 fully saturated rings. The molecule has 0 aliphatic heterocycles. The summed E-state index contributed by atoms with van der Waals surface area (Å²) < 4.78 is 13.0. The molecule has 0 amide bonds. The molecule has 17 heavy (non-hydrogen) atoms. The van der Waals surface area contributed by atoms with Crippen LogP contribution in [0.2, 0.25) is 0 Å². The first-order chi connectivity index (χ1) is 8.14. The lowest BCUT2D eigenvalue weighted by Crippen LogP contribution is -2.41. The predicted molar refractivity (Wildman–Crippen MR) is 66.1 cm³/mol. The van der Waals surface area contributed by atoms with Crippen molar-refractivity contribution >= 4 is 0 Å². The summed E-state index contributed by atoms with van der Waals surface area (Å²) in [7, 11) is 0. The zero-order valence-corrected chi connectivity index (χ0v) is 10.2. The van der Waals surface area contributed by atoms with Crippen molar-refractivity contribution in [3.63, 3.8) is 0 Å². The fraction of sp³-hybridized carbons (Fsp3) is 0.571. The zero-order valence-electron chi connectivity index (χ0n) is 10.2. The van der Waals surface area contributed by atoms with Gasteiger partial charge in [0.1, 0.15) is 5.82 Å². The topological polar surface area (TPSA) is 32.3 Å². The highest BCUT2D eigenvalue weighted by atomic mass is 19.1. The second-order valence-corrected chi connectivity index (χ2v) is 5.27. The molecule has 0 heterocycles. The van der Waals surface area contributed by atoms with Gasteiger partial charge in [-0.3, -0.25) is 0 Å². The van der Waals surface area contributed by atoms with Gasteiger partial charge in [0.2, 0.25) is 0 Å². The highest BCUT2D eigenvalue weighted by Gasteiger charge is 2.37. The minimum absolute atomic E-state index is 0.0205. The Balaban J connectivity index is 1.94. The second kappa shape index (κ2) is 5.15. The van der Waals surface area contributed by atoms with Gasteiger partial charge in [-0.05, 0) is 30.5 Å². The summed E-state index contributed by atoms with van der Waals surface area (Å²) in [6.07, 6.45) is 3.30. The third-order valence-electron chi connectivity index (χ3n) is 3.88. The Hall–Kier alpha value is -0.930. The molecule has 2 nitrogen and oxygen atoms in total. The molecule has 1 aromatic rings. The van der Waals surface area contributed by atoms with Gasteiger partial charge in [0.25, 0.3) is 0 Å². The molecular formula is C14H20FNO. The third kappa shape index (κ3) is 2.85. The van der Waals surface area contributed by atoms with Crippen molar-refractivity contribution in [1.29, 1.82) is 0 Å². The number of hydrogen-bond acceptors (Lipinski definition) is 2. The normalized spacial score (nSPS) is 28.5. The van der Waals surface area contributed by atoms with E-state index in [-0.39, 0.29) is 17.8 Å². The van der Waals surface area contributed by atoms with Crippen molar-refractivity contribution in [3.8, 4) is 0 Å². The van der Waals surface area contributed by atoms with Crippen LogP contribution in [0.1, 0.15) is 31.7 Å².